The highest BCUT2D eigenvalue weighted by atomic mass is 16.1. The van der Waals surface area contributed by atoms with Crippen LogP contribution in [0.2, 0.25) is 0 Å². The van der Waals surface area contributed by atoms with Crippen LogP contribution in [0.25, 0.3) is 11.3 Å². The zero-order valence-corrected chi connectivity index (χ0v) is 10.1. The number of nitrogens with two attached hydrogens (primary N) is 1. The smallest absolute Gasteiger partial charge is 0.264 e. The molecule has 4 N–H and O–H groups in total. The molecule has 2 aromatic rings. The van der Waals surface area contributed by atoms with E-state index in [-0.39, 0.29) is 18.0 Å². The van der Waals surface area contributed by atoms with Gasteiger partial charge in [0.1, 0.15) is 0 Å². The molecule has 0 atom stereocenters. The molecule has 1 aromatic carbocycles. The van der Waals surface area contributed by atoms with Crippen molar-refractivity contribution in [3.8, 4) is 11.3 Å². The van der Waals surface area contributed by atoms with Gasteiger partial charge in [-0.15, -0.1) is 0 Å². The van der Waals surface area contributed by atoms with E-state index in [1.165, 1.54) is 6.07 Å². The van der Waals surface area contributed by atoms with Crippen LogP contribution in [0.15, 0.2) is 29.1 Å². The van der Waals surface area contributed by atoms with Gasteiger partial charge in [-0.3, -0.25) is 9.59 Å². The summed E-state index contributed by atoms with van der Waals surface area (Å²) in [5.74, 6) is -0.0133. The van der Waals surface area contributed by atoms with Crippen molar-refractivity contribution < 1.29 is 4.79 Å². The third-order valence-electron chi connectivity index (χ3n) is 3.11. The largest absolute Gasteiger partial charge is 0.326 e. The lowest BCUT2D eigenvalue weighted by Gasteiger charge is -2.07. The first-order valence-electron chi connectivity index (χ1n) is 5.89. The second-order valence-electron chi connectivity index (χ2n) is 4.41. The molecule has 0 unspecified atom stereocenters. The maximum Gasteiger partial charge on any atom is 0.264 e. The molecule has 0 saturated heterocycles. The molecule has 0 radical (unpaired) electrons. The average molecular weight is 256 g/mol. The molecule has 6 nitrogen and oxygen atoms in total. The molecular formula is C13H12N4O2. The van der Waals surface area contributed by atoms with Crippen LogP contribution in [0.3, 0.4) is 0 Å². The van der Waals surface area contributed by atoms with E-state index >= 15 is 0 Å². The minimum atomic E-state index is -0.276. The predicted octanol–water partition coefficient (Wildman–Crippen LogP) is 0.390. The average Bonchev–Trinajstić information content (AvgIpc) is 2.77. The number of H-pyrrole nitrogens is 1. The van der Waals surface area contributed by atoms with E-state index < -0.39 is 0 Å². The molecule has 0 saturated carbocycles. The van der Waals surface area contributed by atoms with Crippen LogP contribution in [-0.2, 0) is 17.8 Å². The molecule has 1 aromatic heterocycles. The van der Waals surface area contributed by atoms with Crippen molar-refractivity contribution >= 4 is 11.6 Å². The number of benzene rings is 1. The third-order valence-corrected chi connectivity index (χ3v) is 3.11. The highest BCUT2D eigenvalue weighted by Gasteiger charge is 2.18. The number of fused-ring (bicyclic) bond motifs is 1. The molecule has 1 aliphatic heterocycles. The third kappa shape index (κ3) is 2.02. The van der Waals surface area contributed by atoms with Gasteiger partial charge in [-0.05, 0) is 23.3 Å². The van der Waals surface area contributed by atoms with Gasteiger partial charge < -0.3 is 11.1 Å². The molecule has 0 bridgehead atoms. The molecule has 0 aliphatic carbocycles. The SMILES string of the molecule is NCc1cc(=O)[nH]nc1-c1ccc2c(c1)CC(=O)N2. The standard InChI is InChI=1S/C13H12N4O2/c14-6-9-5-12(19)16-17-13(9)7-1-2-10-8(3-7)4-11(18)15-10/h1-3,5H,4,6,14H2,(H,15,18)(H,16,19). The Balaban J connectivity index is 2.11. The summed E-state index contributed by atoms with van der Waals surface area (Å²) in [5, 5.41) is 9.22. The van der Waals surface area contributed by atoms with Crippen molar-refractivity contribution in [2.24, 2.45) is 5.73 Å². The number of amides is 1. The summed E-state index contributed by atoms with van der Waals surface area (Å²) < 4.78 is 0. The molecule has 19 heavy (non-hydrogen) atoms. The Kier molecular flexibility index (Phi) is 2.64. The highest BCUT2D eigenvalue weighted by Crippen LogP contribution is 2.28. The highest BCUT2D eigenvalue weighted by molar-refractivity contribution is 5.99. The van der Waals surface area contributed by atoms with Gasteiger partial charge in [0.2, 0.25) is 5.91 Å². The molecule has 1 amide bonds. The maximum atomic E-state index is 11.3. The Morgan fingerprint density at radius 1 is 1.26 bits per heavy atom. The van der Waals surface area contributed by atoms with Crippen molar-refractivity contribution in [3.05, 3.63) is 45.7 Å². The van der Waals surface area contributed by atoms with Crippen LogP contribution in [0.4, 0.5) is 5.69 Å². The van der Waals surface area contributed by atoms with Gasteiger partial charge in [0.25, 0.3) is 5.56 Å². The number of anilines is 1. The molecule has 0 spiro atoms. The Labute approximate surface area is 108 Å². The zero-order valence-electron chi connectivity index (χ0n) is 10.1. The van der Waals surface area contributed by atoms with Crippen LogP contribution in [0.5, 0.6) is 0 Å². The fourth-order valence-electron chi connectivity index (χ4n) is 2.22. The first-order valence-corrected chi connectivity index (χ1v) is 5.89. The van der Waals surface area contributed by atoms with Crippen molar-refractivity contribution in [3.63, 3.8) is 0 Å². The first-order chi connectivity index (χ1) is 9.17. The van der Waals surface area contributed by atoms with Gasteiger partial charge in [0.15, 0.2) is 0 Å². The Morgan fingerprint density at radius 3 is 2.89 bits per heavy atom. The van der Waals surface area contributed by atoms with Crippen LogP contribution < -0.4 is 16.6 Å². The van der Waals surface area contributed by atoms with Gasteiger partial charge in [0, 0.05) is 23.9 Å². The summed E-state index contributed by atoms with van der Waals surface area (Å²) in [5.41, 5.74) is 9.28. The number of hydrogen-bond acceptors (Lipinski definition) is 4. The second-order valence-corrected chi connectivity index (χ2v) is 4.41. The summed E-state index contributed by atoms with van der Waals surface area (Å²) in [6.07, 6.45) is 0.366. The van der Waals surface area contributed by atoms with Crippen LogP contribution in [0, 0.1) is 0 Å². The lowest BCUT2D eigenvalue weighted by atomic mass is 10.0. The number of aromatic nitrogens is 2. The van der Waals surface area contributed by atoms with Crippen LogP contribution in [0.1, 0.15) is 11.1 Å². The van der Waals surface area contributed by atoms with E-state index in [9.17, 15) is 9.59 Å². The lowest BCUT2D eigenvalue weighted by Crippen LogP contribution is -2.12. The normalized spacial score (nSPS) is 13.2. The van der Waals surface area contributed by atoms with Gasteiger partial charge in [0.05, 0.1) is 12.1 Å². The van der Waals surface area contributed by atoms with E-state index in [2.05, 4.69) is 15.5 Å². The van der Waals surface area contributed by atoms with Crippen molar-refractivity contribution in [2.45, 2.75) is 13.0 Å². The zero-order chi connectivity index (χ0) is 13.4. The Bertz CT molecular complexity index is 721. The number of aromatic amines is 1. The van der Waals surface area contributed by atoms with Crippen molar-refractivity contribution in [1.29, 1.82) is 0 Å². The van der Waals surface area contributed by atoms with Gasteiger partial charge in [-0.2, -0.15) is 5.10 Å². The molecule has 3 rings (SSSR count). The number of rotatable bonds is 2. The summed E-state index contributed by atoms with van der Waals surface area (Å²) in [4.78, 5) is 22.6. The quantitative estimate of drug-likeness (QED) is 0.723. The Morgan fingerprint density at radius 2 is 2.11 bits per heavy atom. The van der Waals surface area contributed by atoms with Gasteiger partial charge in [-0.1, -0.05) is 6.07 Å². The summed E-state index contributed by atoms with van der Waals surface area (Å²) in [6, 6.07) is 7.03. The van der Waals surface area contributed by atoms with Gasteiger partial charge in [-0.25, -0.2) is 5.10 Å². The molecule has 1 aliphatic rings. The van der Waals surface area contributed by atoms with Crippen molar-refractivity contribution in [1.82, 2.24) is 10.2 Å². The number of carbonyl (C=O) groups is 1. The topological polar surface area (TPSA) is 101 Å². The van der Waals surface area contributed by atoms with E-state index in [1.54, 1.807) is 0 Å². The van der Waals surface area contributed by atoms with Crippen molar-refractivity contribution in [2.75, 3.05) is 5.32 Å². The first kappa shape index (κ1) is 11.6. The molecular weight excluding hydrogens is 244 g/mol. The molecule has 6 heteroatoms. The summed E-state index contributed by atoms with van der Waals surface area (Å²) in [6.45, 7) is 0.237. The number of carbonyl (C=O) groups excluding carboxylic acids is 1. The fraction of sp³-hybridized carbons (Fsp3) is 0.154. The van der Waals surface area contributed by atoms with E-state index in [1.807, 2.05) is 18.2 Å². The van der Waals surface area contributed by atoms with Crippen LogP contribution >= 0.6 is 0 Å². The lowest BCUT2D eigenvalue weighted by molar-refractivity contribution is -0.115. The van der Waals surface area contributed by atoms with E-state index in [0.717, 1.165) is 16.8 Å². The second kappa shape index (κ2) is 4.33. The fourth-order valence-corrected chi connectivity index (χ4v) is 2.22. The molecule has 96 valence electrons. The van der Waals surface area contributed by atoms with Gasteiger partial charge >= 0.3 is 0 Å². The van der Waals surface area contributed by atoms with Crippen LogP contribution in [-0.4, -0.2) is 16.1 Å². The summed E-state index contributed by atoms with van der Waals surface area (Å²) >= 11 is 0. The molecule has 2 heterocycles. The monoisotopic (exact) mass is 256 g/mol. The predicted molar refractivity (Wildman–Crippen MR) is 70.5 cm³/mol. The summed E-state index contributed by atoms with van der Waals surface area (Å²) in [7, 11) is 0. The van der Waals surface area contributed by atoms with E-state index in [4.69, 9.17) is 5.73 Å². The minimum absolute atomic E-state index is 0.0133. The number of nitrogens with one attached hydrogen (secondary N) is 2. The number of hydrogen-bond donors (Lipinski definition) is 3. The minimum Gasteiger partial charge on any atom is -0.326 e. The molecule has 0 fully saturated rings. The number of nitrogens with zero attached hydrogens (tertiary/aromatic N) is 1. The maximum absolute atomic E-state index is 11.3. The Hall–Kier alpha value is -2.47. The van der Waals surface area contributed by atoms with E-state index in [0.29, 0.717) is 17.7 Å².